The van der Waals surface area contributed by atoms with Gasteiger partial charge in [-0.3, -0.25) is 9.59 Å². The number of esters is 1. The summed E-state index contributed by atoms with van der Waals surface area (Å²) in [5.74, 6) is -6.24. The highest BCUT2D eigenvalue weighted by Gasteiger charge is 2.56. The molecule has 2 saturated carbocycles. The molecule has 14 heteroatoms. The molecule has 3 N–H and O–H groups in total. The lowest BCUT2D eigenvalue weighted by Crippen LogP contribution is -2.64. The predicted molar refractivity (Wildman–Crippen MR) is 228 cm³/mol. The molecular weight excluding hydrogens is 785 g/mol. The van der Waals surface area contributed by atoms with E-state index in [1.54, 1.807) is 28.3 Å². The number of carbonyl (C=O) groups excluding carboxylic acids is 3. The first kappa shape index (κ1) is 49.5. The Hall–Kier alpha value is -2.56. The van der Waals surface area contributed by atoms with Crippen LogP contribution in [0.2, 0.25) is 0 Å². The van der Waals surface area contributed by atoms with Gasteiger partial charge in [-0.25, -0.2) is 14.6 Å². The van der Waals surface area contributed by atoms with Gasteiger partial charge < -0.3 is 44.2 Å². The molecule has 3 heterocycles. The van der Waals surface area contributed by atoms with Crippen molar-refractivity contribution in [2.45, 2.75) is 180 Å². The van der Waals surface area contributed by atoms with Crippen molar-refractivity contribution in [3.8, 4) is 0 Å². The number of piperidine rings is 1. The lowest BCUT2D eigenvalue weighted by atomic mass is 9.81. The van der Waals surface area contributed by atoms with Crippen LogP contribution in [-0.4, -0.2) is 128 Å². The maximum absolute atomic E-state index is 14.6. The summed E-state index contributed by atoms with van der Waals surface area (Å²) < 4.78 is 30.3. The normalized spacial score (nSPS) is 40.4. The van der Waals surface area contributed by atoms with Crippen LogP contribution in [0.1, 0.15) is 125 Å². The Kier molecular flexibility index (Phi) is 18.1. The van der Waals surface area contributed by atoms with Gasteiger partial charge in [0.15, 0.2) is 0 Å². The van der Waals surface area contributed by atoms with Gasteiger partial charge in [0, 0.05) is 57.8 Å². The quantitative estimate of drug-likeness (QED) is 0.0735. The van der Waals surface area contributed by atoms with Crippen LogP contribution in [0.5, 0.6) is 0 Å². The Bertz CT molecular complexity index is 1570. The Morgan fingerprint density at radius 2 is 1.62 bits per heavy atom. The molecule has 2 aliphatic carbocycles. The second kappa shape index (κ2) is 22.4. The number of hydrogen-bond acceptors (Lipinski definition) is 13. The molecule has 0 spiro atoms. The molecule has 2 saturated heterocycles. The molecule has 5 aliphatic rings. The second-order valence-electron chi connectivity index (χ2n) is 19.0. The van der Waals surface area contributed by atoms with Crippen LogP contribution in [0.15, 0.2) is 23.3 Å². The van der Waals surface area contributed by atoms with Gasteiger partial charge in [0.1, 0.15) is 24.4 Å². The second-order valence-corrected chi connectivity index (χ2v) is 19.0. The monoisotopic (exact) mass is 861 g/mol. The highest BCUT2D eigenvalue weighted by Crippen LogP contribution is 2.40. The number of nitrogens with zero attached hydrogens (tertiary/aromatic N) is 1. The fraction of sp³-hybridized carbons (Fsp3) is 0.830. The molecule has 3 aliphatic heterocycles. The van der Waals surface area contributed by atoms with Gasteiger partial charge in [-0.1, -0.05) is 45.4 Å². The van der Waals surface area contributed by atoms with Crippen LogP contribution in [0.4, 0.5) is 0 Å². The number of methoxy groups -OCH3 is 3. The summed E-state index contributed by atoms with van der Waals surface area (Å²) in [7, 11) is 4.72. The number of nitrogens with one attached hydrogen (secondary N) is 1. The van der Waals surface area contributed by atoms with Crippen LogP contribution in [0, 0.1) is 40.9 Å². The minimum Gasteiger partial charge on any atom is -0.456 e. The fourth-order valence-electron chi connectivity index (χ4n) is 10.1. The van der Waals surface area contributed by atoms with Gasteiger partial charge >= 0.3 is 5.97 Å². The van der Waals surface area contributed by atoms with Crippen LogP contribution >= 0.6 is 0 Å². The molecule has 0 radical (unpaired) electrons. The summed E-state index contributed by atoms with van der Waals surface area (Å²) in [5.41, 5.74) is 2.35. The molecule has 346 valence electrons. The van der Waals surface area contributed by atoms with Crippen molar-refractivity contribution in [3.63, 3.8) is 0 Å². The van der Waals surface area contributed by atoms with Crippen LogP contribution < -0.4 is 0 Å². The van der Waals surface area contributed by atoms with Gasteiger partial charge in [0.05, 0.1) is 31.0 Å². The van der Waals surface area contributed by atoms with Crippen LogP contribution in [-0.2, 0) is 47.8 Å². The SMILES string of the molecule is CC[C@@H]1/C=C(\C)C[C@H](C)C[C@H](OC)[C@H]2O[C@@](O)(C(=O)C(=O)N3CCCC[C@H]3C(=O)O[C@H](/C(C)=C/[C@@H]3CC[C@@H](O)[C@H](OC)C3)[C@H](C)[C@@H](OOCC3CC3)CC1=N)[C@H](C)C[C@@H]2OC. The number of ether oxygens (including phenoxy) is 5. The van der Waals surface area contributed by atoms with E-state index in [0.717, 1.165) is 30.4 Å². The van der Waals surface area contributed by atoms with E-state index in [9.17, 15) is 30.0 Å². The third-order valence-corrected chi connectivity index (χ3v) is 14.1. The number of fused-ring (bicyclic) bond motifs is 3. The number of rotatable bonds is 10. The van der Waals surface area contributed by atoms with Crippen LogP contribution in [0.3, 0.4) is 0 Å². The first-order valence-corrected chi connectivity index (χ1v) is 23.0. The average Bonchev–Trinajstić information content (AvgIpc) is 4.08. The molecule has 2 bridgehead atoms. The Balaban J connectivity index is 1.56. The number of allylic oxidation sites excluding steroid dienone is 3. The zero-order valence-electron chi connectivity index (χ0n) is 38.3. The summed E-state index contributed by atoms with van der Waals surface area (Å²) in [6.45, 7) is 12.3. The summed E-state index contributed by atoms with van der Waals surface area (Å²) in [4.78, 5) is 56.7. The fourth-order valence-corrected chi connectivity index (χ4v) is 10.1. The zero-order valence-corrected chi connectivity index (χ0v) is 38.3. The van der Waals surface area contributed by atoms with Gasteiger partial charge in [-0.15, -0.1) is 0 Å². The molecule has 14 atom stereocenters. The van der Waals surface area contributed by atoms with Crippen molar-refractivity contribution < 1.29 is 58.1 Å². The maximum Gasteiger partial charge on any atom is 0.329 e. The molecule has 0 aromatic carbocycles. The van der Waals surface area contributed by atoms with E-state index in [-0.39, 0.29) is 49.7 Å². The molecule has 5 rings (SSSR count). The number of Topliss-reactive ketones (excluding diaryl/α,β-unsaturated/α-hetero) is 1. The van der Waals surface area contributed by atoms with Crippen molar-refractivity contribution in [3.05, 3.63) is 23.3 Å². The van der Waals surface area contributed by atoms with Crippen molar-refractivity contribution in [1.82, 2.24) is 4.90 Å². The third kappa shape index (κ3) is 12.4. The predicted octanol–water partition coefficient (Wildman–Crippen LogP) is 6.29. The number of aliphatic hydroxyl groups excluding tert-OH is 1. The molecule has 14 nitrogen and oxygen atoms in total. The van der Waals surface area contributed by atoms with Crippen molar-refractivity contribution in [2.24, 2.45) is 35.5 Å². The van der Waals surface area contributed by atoms with Gasteiger partial charge in [0.25, 0.3) is 11.7 Å². The smallest absolute Gasteiger partial charge is 0.329 e. The first-order chi connectivity index (χ1) is 29.0. The largest absolute Gasteiger partial charge is 0.456 e. The molecule has 61 heavy (non-hydrogen) atoms. The first-order valence-electron chi connectivity index (χ1n) is 23.0. The van der Waals surface area contributed by atoms with E-state index in [0.29, 0.717) is 63.2 Å². The van der Waals surface area contributed by atoms with E-state index in [2.05, 4.69) is 32.9 Å². The number of aliphatic hydroxyl groups is 2. The maximum atomic E-state index is 14.6. The van der Waals surface area contributed by atoms with E-state index in [4.69, 9.17) is 33.5 Å². The summed E-state index contributed by atoms with van der Waals surface area (Å²) in [6, 6.07) is -1.09. The Labute approximate surface area is 363 Å². The standard InChI is InChI=1S/C47H76N2O12/c1-10-34-20-27(2)19-28(3)21-40(56-8)43-41(57-9)23-30(5)47(54,60-43)44(51)45(52)49-18-12-11-13-36(49)46(53)59-42(29(4)22-33-16-17-37(50)39(24-33)55-7)31(6)38(25-35(34)48)61-58-26-32-14-15-32/h20,22,28,30-34,36-43,48,50,54H,10-19,21,23-26H2,1-9H3/b27-20+,29-22+,48-35?/t28-,30+,31+,33-,34+,36-,37+,38-,39+,40-,41-,42+,43+,47+/m0/s1. The number of cyclic esters (lactones) is 1. The van der Waals surface area contributed by atoms with Crippen molar-refractivity contribution in [2.75, 3.05) is 34.5 Å². The van der Waals surface area contributed by atoms with Crippen LogP contribution in [0.25, 0.3) is 0 Å². The molecule has 0 aromatic heterocycles. The van der Waals surface area contributed by atoms with E-state index < -0.39 is 77.9 Å². The average molecular weight is 861 g/mol. The lowest BCUT2D eigenvalue weighted by molar-refractivity contribution is -0.336. The van der Waals surface area contributed by atoms with E-state index in [1.807, 2.05) is 13.8 Å². The lowest BCUT2D eigenvalue weighted by Gasteiger charge is -2.47. The number of ketones is 1. The summed E-state index contributed by atoms with van der Waals surface area (Å²) in [5, 5.41) is 32.1. The Morgan fingerprint density at radius 1 is 0.934 bits per heavy atom. The topological polar surface area (TPSA) is 183 Å². The molecule has 4 fully saturated rings. The van der Waals surface area contributed by atoms with E-state index in [1.165, 1.54) is 4.90 Å². The van der Waals surface area contributed by atoms with Gasteiger partial charge in [-0.2, -0.15) is 0 Å². The molecule has 0 unspecified atom stereocenters. The Morgan fingerprint density at radius 3 is 2.28 bits per heavy atom. The van der Waals surface area contributed by atoms with Crippen molar-refractivity contribution in [1.29, 1.82) is 5.41 Å². The highest BCUT2D eigenvalue weighted by atomic mass is 17.2. The third-order valence-electron chi connectivity index (χ3n) is 14.1. The number of carbonyl (C=O) groups is 3. The van der Waals surface area contributed by atoms with E-state index >= 15 is 0 Å². The minimum atomic E-state index is -2.49. The van der Waals surface area contributed by atoms with Gasteiger partial charge in [-0.05, 0) is 114 Å². The summed E-state index contributed by atoms with van der Waals surface area (Å²) >= 11 is 0. The zero-order chi connectivity index (χ0) is 44.6. The van der Waals surface area contributed by atoms with Crippen molar-refractivity contribution >= 4 is 23.4 Å². The molecule has 1 amide bonds. The number of amides is 1. The molecule has 0 aromatic rings. The highest BCUT2D eigenvalue weighted by molar-refractivity contribution is 6.39. The minimum absolute atomic E-state index is 0.0380. The molecular formula is C47H76N2O12. The van der Waals surface area contributed by atoms with Gasteiger partial charge in [0.2, 0.25) is 5.79 Å². The number of hydrogen-bond donors (Lipinski definition) is 3. The summed E-state index contributed by atoms with van der Waals surface area (Å²) in [6.07, 6.45) is 7.71.